The smallest absolute Gasteiger partial charge is 0.224 e. The van der Waals surface area contributed by atoms with Gasteiger partial charge in [0, 0.05) is 6.54 Å². The van der Waals surface area contributed by atoms with Crippen molar-refractivity contribution in [2.75, 3.05) is 0 Å². The number of para-hydroxylation sites is 2. The lowest BCUT2D eigenvalue weighted by Crippen LogP contribution is -2.32. The van der Waals surface area contributed by atoms with E-state index in [0.29, 0.717) is 6.54 Å². The summed E-state index contributed by atoms with van der Waals surface area (Å²) in [6.07, 6.45) is 1.86. The number of nitrogens with one attached hydrogen (secondary N) is 1. The van der Waals surface area contributed by atoms with E-state index in [1.165, 1.54) is 24.3 Å². The van der Waals surface area contributed by atoms with Gasteiger partial charge in [0.2, 0.25) is 5.91 Å². The SMILES string of the molecule is O=C(Cc1ccc(F)cc1)NC(Cn1cnc2ccccc21)c1ccc(F)cc1. The average molecular weight is 391 g/mol. The lowest BCUT2D eigenvalue weighted by Gasteiger charge is -2.20. The quantitative estimate of drug-likeness (QED) is 0.529. The van der Waals surface area contributed by atoms with E-state index >= 15 is 0 Å². The first kappa shape index (κ1) is 18.8. The topological polar surface area (TPSA) is 46.9 Å². The molecule has 0 spiro atoms. The molecule has 0 saturated carbocycles. The van der Waals surface area contributed by atoms with Crippen molar-refractivity contribution in [2.45, 2.75) is 19.0 Å². The zero-order valence-electron chi connectivity index (χ0n) is 15.6. The number of aromatic nitrogens is 2. The highest BCUT2D eigenvalue weighted by Gasteiger charge is 2.17. The second-order valence-electron chi connectivity index (χ2n) is 6.86. The van der Waals surface area contributed by atoms with Gasteiger partial charge in [0.1, 0.15) is 11.6 Å². The fourth-order valence-corrected chi connectivity index (χ4v) is 3.31. The first-order valence-corrected chi connectivity index (χ1v) is 9.27. The molecular formula is C23H19F2N3O. The van der Waals surface area contributed by atoms with Crippen LogP contribution in [0.4, 0.5) is 8.78 Å². The Hall–Kier alpha value is -3.54. The molecule has 0 aliphatic heterocycles. The number of benzene rings is 3. The van der Waals surface area contributed by atoms with E-state index in [2.05, 4.69) is 10.3 Å². The van der Waals surface area contributed by atoms with E-state index in [4.69, 9.17) is 0 Å². The van der Waals surface area contributed by atoms with Gasteiger partial charge < -0.3 is 9.88 Å². The van der Waals surface area contributed by atoms with Gasteiger partial charge in [-0.25, -0.2) is 13.8 Å². The molecule has 3 aromatic carbocycles. The highest BCUT2D eigenvalue weighted by Crippen LogP contribution is 2.20. The number of imidazole rings is 1. The Morgan fingerprint density at radius 2 is 1.59 bits per heavy atom. The van der Waals surface area contributed by atoms with E-state index in [9.17, 15) is 13.6 Å². The molecule has 4 aromatic rings. The summed E-state index contributed by atoms with van der Waals surface area (Å²) in [4.78, 5) is 17.0. The molecule has 146 valence electrons. The molecule has 1 aromatic heterocycles. The van der Waals surface area contributed by atoms with Crippen LogP contribution in [0.3, 0.4) is 0 Å². The molecule has 4 nitrogen and oxygen atoms in total. The van der Waals surface area contributed by atoms with E-state index in [-0.39, 0.29) is 30.0 Å². The Balaban J connectivity index is 1.57. The largest absolute Gasteiger partial charge is 0.347 e. The predicted molar refractivity (Wildman–Crippen MR) is 107 cm³/mol. The summed E-state index contributed by atoms with van der Waals surface area (Å²) in [6.45, 7) is 0.446. The zero-order valence-corrected chi connectivity index (χ0v) is 15.6. The van der Waals surface area contributed by atoms with Gasteiger partial charge in [-0.3, -0.25) is 4.79 Å². The lowest BCUT2D eigenvalue weighted by molar-refractivity contribution is -0.121. The van der Waals surface area contributed by atoms with E-state index in [1.807, 2.05) is 28.8 Å². The van der Waals surface area contributed by atoms with Crippen LogP contribution in [0, 0.1) is 11.6 Å². The molecule has 1 heterocycles. The molecule has 0 bridgehead atoms. The highest BCUT2D eigenvalue weighted by molar-refractivity contribution is 5.79. The summed E-state index contributed by atoms with van der Waals surface area (Å²) >= 11 is 0. The van der Waals surface area contributed by atoms with E-state index in [1.54, 1.807) is 30.6 Å². The normalized spacial score (nSPS) is 12.1. The summed E-state index contributed by atoms with van der Waals surface area (Å²) in [5, 5.41) is 3.02. The fourth-order valence-electron chi connectivity index (χ4n) is 3.31. The number of carbonyl (C=O) groups excluding carboxylic acids is 1. The molecule has 0 saturated heterocycles. The number of hydrogen-bond acceptors (Lipinski definition) is 2. The molecular weight excluding hydrogens is 372 g/mol. The van der Waals surface area contributed by atoms with Gasteiger partial charge in [-0.1, -0.05) is 36.4 Å². The van der Waals surface area contributed by atoms with Crippen molar-refractivity contribution in [3.05, 3.63) is 102 Å². The summed E-state index contributed by atoms with van der Waals surface area (Å²) < 4.78 is 28.4. The minimum atomic E-state index is -0.374. The number of fused-ring (bicyclic) bond motifs is 1. The number of hydrogen-bond donors (Lipinski definition) is 1. The lowest BCUT2D eigenvalue weighted by atomic mass is 10.1. The van der Waals surface area contributed by atoms with Crippen LogP contribution in [0.5, 0.6) is 0 Å². The third-order valence-corrected chi connectivity index (χ3v) is 4.79. The second kappa shape index (κ2) is 8.22. The van der Waals surface area contributed by atoms with Crippen molar-refractivity contribution in [1.29, 1.82) is 0 Å². The van der Waals surface area contributed by atoms with Gasteiger partial charge in [-0.05, 0) is 47.5 Å². The molecule has 0 fully saturated rings. The Kier molecular flexibility index (Phi) is 5.33. The number of halogens is 2. The van der Waals surface area contributed by atoms with Crippen molar-refractivity contribution in [3.8, 4) is 0 Å². The number of carbonyl (C=O) groups is 1. The van der Waals surface area contributed by atoms with Crippen molar-refractivity contribution in [1.82, 2.24) is 14.9 Å². The Labute approximate surface area is 166 Å². The minimum absolute atomic E-state index is 0.128. The average Bonchev–Trinajstić information content (AvgIpc) is 3.13. The van der Waals surface area contributed by atoms with Crippen LogP contribution < -0.4 is 5.32 Å². The van der Waals surface area contributed by atoms with Gasteiger partial charge in [-0.15, -0.1) is 0 Å². The van der Waals surface area contributed by atoms with Crippen molar-refractivity contribution < 1.29 is 13.6 Å². The molecule has 4 rings (SSSR count). The Morgan fingerprint density at radius 1 is 0.931 bits per heavy atom. The van der Waals surface area contributed by atoms with Gasteiger partial charge >= 0.3 is 0 Å². The van der Waals surface area contributed by atoms with Crippen molar-refractivity contribution >= 4 is 16.9 Å². The van der Waals surface area contributed by atoms with Crippen LogP contribution in [0.25, 0.3) is 11.0 Å². The van der Waals surface area contributed by atoms with Crippen LogP contribution in [-0.4, -0.2) is 15.5 Å². The molecule has 29 heavy (non-hydrogen) atoms. The molecule has 1 atom stereocenters. The summed E-state index contributed by atoms with van der Waals surface area (Å²) in [5.74, 6) is -0.876. The second-order valence-corrected chi connectivity index (χ2v) is 6.86. The van der Waals surface area contributed by atoms with Crippen LogP contribution in [0.15, 0.2) is 79.1 Å². The summed E-state index contributed by atoms with van der Waals surface area (Å²) in [6, 6.07) is 19.3. The van der Waals surface area contributed by atoms with Crippen LogP contribution in [0.1, 0.15) is 17.2 Å². The Morgan fingerprint density at radius 3 is 2.31 bits per heavy atom. The van der Waals surface area contributed by atoms with Gasteiger partial charge in [0.15, 0.2) is 0 Å². The van der Waals surface area contributed by atoms with E-state index < -0.39 is 0 Å². The predicted octanol–water partition coefficient (Wildman–Crippen LogP) is 4.41. The maximum absolute atomic E-state index is 13.4. The molecule has 1 unspecified atom stereocenters. The van der Waals surface area contributed by atoms with Crippen LogP contribution in [0.2, 0.25) is 0 Å². The third kappa shape index (κ3) is 4.48. The third-order valence-electron chi connectivity index (χ3n) is 4.79. The number of amides is 1. The molecule has 0 aliphatic rings. The fraction of sp³-hybridized carbons (Fsp3) is 0.130. The molecule has 0 radical (unpaired) electrons. The summed E-state index contributed by atoms with van der Waals surface area (Å²) in [7, 11) is 0. The van der Waals surface area contributed by atoms with Gasteiger partial charge in [-0.2, -0.15) is 0 Å². The number of nitrogens with zero attached hydrogens (tertiary/aromatic N) is 2. The first-order chi connectivity index (χ1) is 14.1. The van der Waals surface area contributed by atoms with Crippen molar-refractivity contribution in [2.24, 2.45) is 0 Å². The van der Waals surface area contributed by atoms with Crippen LogP contribution >= 0.6 is 0 Å². The molecule has 1 N–H and O–H groups in total. The standard InChI is InChI=1S/C23H19F2N3O/c24-18-9-5-16(6-10-18)13-23(29)27-21(17-7-11-19(25)12-8-17)14-28-15-26-20-3-1-2-4-22(20)28/h1-12,15,21H,13-14H2,(H,27,29). The molecule has 0 aliphatic carbocycles. The number of rotatable bonds is 6. The van der Waals surface area contributed by atoms with Crippen molar-refractivity contribution in [3.63, 3.8) is 0 Å². The van der Waals surface area contributed by atoms with E-state index in [0.717, 1.165) is 22.2 Å². The van der Waals surface area contributed by atoms with Crippen LogP contribution in [-0.2, 0) is 17.8 Å². The summed E-state index contributed by atoms with van der Waals surface area (Å²) in [5.41, 5.74) is 3.32. The first-order valence-electron chi connectivity index (χ1n) is 9.27. The zero-order chi connectivity index (χ0) is 20.2. The van der Waals surface area contributed by atoms with Gasteiger partial charge in [0.05, 0.1) is 29.8 Å². The highest BCUT2D eigenvalue weighted by atomic mass is 19.1. The molecule has 6 heteroatoms. The van der Waals surface area contributed by atoms with Gasteiger partial charge in [0.25, 0.3) is 0 Å². The Bertz CT molecular complexity index is 1120. The molecule has 1 amide bonds. The minimum Gasteiger partial charge on any atom is -0.347 e. The monoisotopic (exact) mass is 391 g/mol. The maximum atomic E-state index is 13.4. The maximum Gasteiger partial charge on any atom is 0.224 e.